The minimum absolute atomic E-state index is 0.198. The maximum atomic E-state index is 11.2. The number of hydrogen-bond acceptors (Lipinski definition) is 2. The monoisotopic (exact) mass is 354 g/mol. The van der Waals surface area contributed by atoms with Gasteiger partial charge in [-0.2, -0.15) is 0 Å². The third-order valence-electron chi connectivity index (χ3n) is 1.95. The number of ether oxygens (including phenoxy) is 1. The lowest BCUT2D eigenvalue weighted by Gasteiger charge is -2.09. The van der Waals surface area contributed by atoms with E-state index < -0.39 is 0 Å². The molecule has 0 saturated carbocycles. The van der Waals surface area contributed by atoms with Gasteiger partial charge in [-0.25, -0.2) is 0 Å². The normalized spacial score (nSPS) is 10.1. The third kappa shape index (κ3) is 3.47. The maximum absolute atomic E-state index is 11.2. The summed E-state index contributed by atoms with van der Waals surface area (Å²) in [7, 11) is 1.36. The molecule has 0 bridgehead atoms. The maximum Gasteiger partial charge on any atom is 0.310 e. The van der Waals surface area contributed by atoms with E-state index in [1.807, 2.05) is 6.07 Å². The predicted molar refractivity (Wildman–Crippen MR) is 67.5 cm³/mol. The van der Waals surface area contributed by atoms with Crippen molar-refractivity contribution in [3.8, 4) is 0 Å². The van der Waals surface area contributed by atoms with E-state index in [9.17, 15) is 4.79 Å². The van der Waals surface area contributed by atoms with E-state index in [-0.39, 0.29) is 12.4 Å². The second kappa shape index (κ2) is 5.87. The first-order valence-corrected chi connectivity index (χ1v) is 6.47. The summed E-state index contributed by atoms with van der Waals surface area (Å²) >= 11 is 12.8. The molecule has 1 aromatic carbocycles. The van der Waals surface area contributed by atoms with Gasteiger partial charge in [-0.15, -0.1) is 0 Å². The highest BCUT2D eigenvalue weighted by Crippen LogP contribution is 2.27. The van der Waals surface area contributed by atoms with Gasteiger partial charge in [0, 0.05) is 14.8 Å². The Morgan fingerprint density at radius 2 is 2.20 bits per heavy atom. The van der Waals surface area contributed by atoms with Crippen molar-refractivity contribution in [2.75, 3.05) is 7.11 Å². The van der Waals surface area contributed by atoms with Gasteiger partial charge < -0.3 is 4.74 Å². The predicted octanol–water partition coefficient (Wildman–Crippen LogP) is 3.71. The smallest absolute Gasteiger partial charge is 0.310 e. The molecule has 0 spiro atoms. The van der Waals surface area contributed by atoms with Crippen molar-refractivity contribution >= 4 is 49.4 Å². The molecule has 82 valence electrons. The van der Waals surface area contributed by atoms with Gasteiger partial charge >= 0.3 is 5.97 Å². The number of esters is 1. The quantitative estimate of drug-likeness (QED) is 0.610. The van der Waals surface area contributed by atoms with Crippen LogP contribution in [0.1, 0.15) is 11.1 Å². The second-order valence-corrected chi connectivity index (χ2v) is 4.80. The van der Waals surface area contributed by atoms with E-state index in [0.717, 1.165) is 15.6 Å². The van der Waals surface area contributed by atoms with Crippen LogP contribution in [0.25, 0.3) is 0 Å². The van der Waals surface area contributed by atoms with Crippen molar-refractivity contribution in [1.82, 2.24) is 0 Å². The van der Waals surface area contributed by atoms with E-state index >= 15 is 0 Å². The van der Waals surface area contributed by atoms with Crippen molar-refractivity contribution in [3.63, 3.8) is 0 Å². The lowest BCUT2D eigenvalue weighted by molar-refractivity contribution is -0.139. The Balaban J connectivity index is 3.09. The van der Waals surface area contributed by atoms with Crippen LogP contribution in [0.2, 0.25) is 5.02 Å². The number of carbonyl (C=O) groups excluding carboxylic acids is 1. The summed E-state index contributed by atoms with van der Waals surface area (Å²) in [6.45, 7) is 0. The zero-order chi connectivity index (χ0) is 11.4. The number of carbonyl (C=O) groups is 1. The van der Waals surface area contributed by atoms with Gasteiger partial charge in [0.15, 0.2) is 0 Å². The average molecular weight is 356 g/mol. The summed E-state index contributed by atoms with van der Waals surface area (Å²) in [6, 6.07) is 3.70. The highest BCUT2D eigenvalue weighted by Gasteiger charge is 2.12. The van der Waals surface area contributed by atoms with E-state index in [0.29, 0.717) is 10.4 Å². The van der Waals surface area contributed by atoms with Crippen molar-refractivity contribution < 1.29 is 9.53 Å². The summed E-state index contributed by atoms with van der Waals surface area (Å²) in [5.41, 5.74) is 1.79. The van der Waals surface area contributed by atoms with E-state index in [4.69, 9.17) is 11.6 Å². The summed E-state index contributed by atoms with van der Waals surface area (Å²) in [5.74, 6) is -0.290. The fraction of sp³-hybridized carbons (Fsp3) is 0.300. The zero-order valence-electron chi connectivity index (χ0n) is 8.02. The molecule has 0 aromatic heterocycles. The van der Waals surface area contributed by atoms with Gasteiger partial charge in [0.05, 0.1) is 13.5 Å². The summed E-state index contributed by atoms with van der Waals surface area (Å²) < 4.78 is 5.51. The van der Waals surface area contributed by atoms with Crippen molar-refractivity contribution in [2.24, 2.45) is 0 Å². The molecule has 0 aliphatic carbocycles. The van der Waals surface area contributed by atoms with Crippen LogP contribution in [0, 0.1) is 0 Å². The molecule has 0 aliphatic rings. The van der Waals surface area contributed by atoms with Crippen LogP contribution in [0.5, 0.6) is 0 Å². The van der Waals surface area contributed by atoms with Gasteiger partial charge in [-0.1, -0.05) is 43.5 Å². The molecule has 1 rings (SSSR count). The van der Waals surface area contributed by atoms with Gasteiger partial charge in [0.25, 0.3) is 0 Å². The molecule has 15 heavy (non-hydrogen) atoms. The molecule has 0 N–H and O–H groups in total. The molecule has 0 fully saturated rings. The number of halogens is 3. The lowest BCUT2D eigenvalue weighted by Crippen LogP contribution is -2.07. The summed E-state index contributed by atoms with van der Waals surface area (Å²) in [5, 5.41) is 1.22. The fourth-order valence-corrected chi connectivity index (χ4v) is 2.63. The van der Waals surface area contributed by atoms with Crippen LogP contribution >= 0.6 is 43.5 Å². The number of methoxy groups -OCH3 is 1. The number of alkyl halides is 1. The van der Waals surface area contributed by atoms with Gasteiger partial charge in [-0.3, -0.25) is 4.79 Å². The van der Waals surface area contributed by atoms with Crippen LogP contribution in [0.15, 0.2) is 16.6 Å². The van der Waals surface area contributed by atoms with E-state index in [1.165, 1.54) is 7.11 Å². The Bertz CT molecular complexity index is 380. The average Bonchev–Trinajstić information content (AvgIpc) is 2.21. The van der Waals surface area contributed by atoms with Gasteiger partial charge in [0.1, 0.15) is 0 Å². The number of rotatable bonds is 3. The van der Waals surface area contributed by atoms with Crippen molar-refractivity contribution in [3.05, 3.63) is 32.8 Å². The molecule has 0 heterocycles. The van der Waals surface area contributed by atoms with Crippen LogP contribution in [0.4, 0.5) is 0 Å². The molecule has 0 unspecified atom stereocenters. The first-order chi connectivity index (χ1) is 7.08. The minimum atomic E-state index is -0.290. The van der Waals surface area contributed by atoms with E-state index in [2.05, 4.69) is 36.6 Å². The Labute approximate surface area is 110 Å². The molecular weight excluding hydrogens is 347 g/mol. The fourth-order valence-electron chi connectivity index (χ4n) is 1.19. The third-order valence-corrected chi connectivity index (χ3v) is 3.34. The minimum Gasteiger partial charge on any atom is -0.469 e. The van der Waals surface area contributed by atoms with Gasteiger partial charge in [0.2, 0.25) is 0 Å². The van der Waals surface area contributed by atoms with Crippen molar-refractivity contribution in [2.45, 2.75) is 11.8 Å². The van der Waals surface area contributed by atoms with Crippen molar-refractivity contribution in [1.29, 1.82) is 0 Å². The zero-order valence-corrected chi connectivity index (χ0v) is 11.9. The summed E-state index contributed by atoms with van der Waals surface area (Å²) in [6.07, 6.45) is 0.198. The molecule has 0 atom stereocenters. The number of benzene rings is 1. The van der Waals surface area contributed by atoms with Crippen LogP contribution in [0.3, 0.4) is 0 Å². The molecule has 0 saturated heterocycles. The standard InChI is InChI=1S/C10H9Br2ClO2/c1-15-10(14)4-8-6(5-11)2-7(12)3-9(8)13/h2-3H,4-5H2,1H3. The second-order valence-electron chi connectivity index (χ2n) is 2.91. The lowest BCUT2D eigenvalue weighted by atomic mass is 10.1. The topological polar surface area (TPSA) is 26.3 Å². The van der Waals surface area contributed by atoms with Crippen LogP contribution in [-0.4, -0.2) is 13.1 Å². The molecule has 0 amide bonds. The Hall–Kier alpha value is -0.0600. The molecule has 0 aliphatic heterocycles. The Morgan fingerprint density at radius 1 is 1.53 bits per heavy atom. The molecule has 0 radical (unpaired) electrons. The Kier molecular flexibility index (Phi) is 5.09. The first-order valence-electron chi connectivity index (χ1n) is 4.18. The van der Waals surface area contributed by atoms with E-state index in [1.54, 1.807) is 6.07 Å². The molecular formula is C10H9Br2ClO2. The Morgan fingerprint density at radius 3 is 2.73 bits per heavy atom. The molecule has 1 aromatic rings. The summed E-state index contributed by atoms with van der Waals surface area (Å²) in [4.78, 5) is 11.2. The first kappa shape index (κ1) is 13.0. The highest BCUT2D eigenvalue weighted by molar-refractivity contribution is 9.10. The SMILES string of the molecule is COC(=O)Cc1c(Cl)cc(Br)cc1CBr. The highest BCUT2D eigenvalue weighted by atomic mass is 79.9. The molecule has 5 heteroatoms. The van der Waals surface area contributed by atoms with Gasteiger partial charge in [-0.05, 0) is 23.3 Å². The molecule has 2 nitrogen and oxygen atoms in total. The van der Waals surface area contributed by atoms with Crippen LogP contribution in [-0.2, 0) is 21.3 Å². The largest absolute Gasteiger partial charge is 0.469 e. The van der Waals surface area contributed by atoms with Crippen LogP contribution < -0.4 is 0 Å². The number of hydrogen-bond donors (Lipinski definition) is 0.